The summed E-state index contributed by atoms with van der Waals surface area (Å²) in [4.78, 5) is 0. The minimum Gasteiger partial charge on any atom is -0.338 e. The van der Waals surface area contributed by atoms with Crippen LogP contribution in [0.2, 0.25) is 0 Å². The molecule has 0 N–H and O–H groups in total. The number of pyridine rings is 1. The van der Waals surface area contributed by atoms with E-state index >= 15 is 0 Å². The summed E-state index contributed by atoms with van der Waals surface area (Å²) >= 11 is 0. The number of aryl methyl sites for hydroxylation is 2. The highest BCUT2D eigenvalue weighted by Crippen LogP contribution is 2.38. The first-order chi connectivity index (χ1) is 15.9. The predicted octanol–water partition coefficient (Wildman–Crippen LogP) is 8.23. The van der Waals surface area contributed by atoms with Crippen molar-refractivity contribution >= 4 is 32.6 Å². The second-order valence-corrected chi connectivity index (χ2v) is 9.80. The van der Waals surface area contributed by atoms with Crippen LogP contribution in [-0.2, 0) is 7.05 Å². The highest BCUT2D eigenvalue weighted by Gasteiger charge is 2.21. The van der Waals surface area contributed by atoms with Crippen molar-refractivity contribution in [3.8, 4) is 11.3 Å². The molecule has 5 rings (SSSR count). The molecule has 2 heteroatoms. The van der Waals surface area contributed by atoms with Crippen LogP contribution in [0.4, 0.5) is 0 Å². The standard InChI is InChI=1S/C31H35N2/c1-7-22(8-2)23-13-14-25-24(18-23)15-16-32(6)31(25)27-19-30-28(17-21(27)5)26-11-9-10-12-29(26)33(30)20(3)4/h9-20,22H,7-8H2,1-6H3/q+1. The molecule has 2 aromatic heterocycles. The highest BCUT2D eigenvalue weighted by molar-refractivity contribution is 6.10. The summed E-state index contributed by atoms with van der Waals surface area (Å²) in [6.07, 6.45) is 4.59. The fourth-order valence-corrected chi connectivity index (χ4v) is 5.70. The molecule has 0 bridgehead atoms. The average molecular weight is 436 g/mol. The monoisotopic (exact) mass is 435 g/mol. The molecule has 0 aliphatic carbocycles. The summed E-state index contributed by atoms with van der Waals surface area (Å²) in [5.74, 6) is 0.631. The van der Waals surface area contributed by atoms with Crippen molar-refractivity contribution in [2.75, 3.05) is 0 Å². The zero-order valence-electron chi connectivity index (χ0n) is 20.8. The topological polar surface area (TPSA) is 8.81 Å². The lowest BCUT2D eigenvalue weighted by molar-refractivity contribution is -0.659. The van der Waals surface area contributed by atoms with Crippen molar-refractivity contribution in [1.29, 1.82) is 0 Å². The number of hydrogen-bond donors (Lipinski definition) is 0. The Morgan fingerprint density at radius 2 is 1.58 bits per heavy atom. The van der Waals surface area contributed by atoms with Crippen LogP contribution < -0.4 is 4.57 Å². The SMILES string of the molecule is CCC(CC)c1ccc2c(-c3cc4c(cc3C)c3ccccc3n4C(C)C)[n+](C)ccc2c1. The number of benzene rings is 3. The van der Waals surface area contributed by atoms with Gasteiger partial charge in [-0.3, -0.25) is 0 Å². The van der Waals surface area contributed by atoms with Crippen LogP contribution in [0.15, 0.2) is 66.9 Å². The molecule has 0 saturated carbocycles. The van der Waals surface area contributed by atoms with E-state index in [9.17, 15) is 0 Å². The lowest BCUT2D eigenvalue weighted by Gasteiger charge is -2.15. The molecule has 0 amide bonds. The third-order valence-electron chi connectivity index (χ3n) is 7.45. The van der Waals surface area contributed by atoms with Gasteiger partial charge in [0, 0.05) is 28.4 Å². The summed E-state index contributed by atoms with van der Waals surface area (Å²) in [6.45, 7) is 11.4. The van der Waals surface area contributed by atoms with Gasteiger partial charge in [0.15, 0.2) is 6.20 Å². The second kappa shape index (κ2) is 8.33. The Morgan fingerprint density at radius 3 is 2.30 bits per heavy atom. The Bertz CT molecular complexity index is 1480. The summed E-state index contributed by atoms with van der Waals surface area (Å²) in [6, 6.07) is 23.4. The number of para-hydroxylation sites is 1. The van der Waals surface area contributed by atoms with E-state index in [-0.39, 0.29) is 0 Å². The smallest absolute Gasteiger partial charge is 0.220 e. The second-order valence-electron chi connectivity index (χ2n) is 9.80. The molecule has 33 heavy (non-hydrogen) atoms. The van der Waals surface area contributed by atoms with Crippen molar-refractivity contribution in [3.05, 3.63) is 78.0 Å². The molecule has 0 aliphatic heterocycles. The van der Waals surface area contributed by atoms with Gasteiger partial charge in [0.25, 0.3) is 0 Å². The molecule has 3 aromatic carbocycles. The van der Waals surface area contributed by atoms with Crippen molar-refractivity contribution in [1.82, 2.24) is 4.57 Å². The van der Waals surface area contributed by atoms with E-state index in [0.29, 0.717) is 12.0 Å². The van der Waals surface area contributed by atoms with Gasteiger partial charge in [-0.2, -0.15) is 0 Å². The highest BCUT2D eigenvalue weighted by atomic mass is 15.0. The van der Waals surface area contributed by atoms with E-state index in [2.05, 4.69) is 118 Å². The normalized spacial score (nSPS) is 12.1. The fourth-order valence-electron chi connectivity index (χ4n) is 5.70. The molecule has 5 aromatic rings. The van der Waals surface area contributed by atoms with Crippen LogP contribution in [0, 0.1) is 6.92 Å². The Morgan fingerprint density at radius 1 is 0.818 bits per heavy atom. The molecule has 168 valence electrons. The molecule has 0 unspecified atom stereocenters. The molecule has 0 aliphatic rings. The van der Waals surface area contributed by atoms with Crippen molar-refractivity contribution < 1.29 is 4.57 Å². The van der Waals surface area contributed by atoms with E-state index < -0.39 is 0 Å². The number of hydrogen-bond acceptors (Lipinski definition) is 0. The van der Waals surface area contributed by atoms with Crippen LogP contribution >= 0.6 is 0 Å². The molecular weight excluding hydrogens is 400 g/mol. The molecule has 0 atom stereocenters. The van der Waals surface area contributed by atoms with Gasteiger partial charge in [0.1, 0.15) is 7.05 Å². The van der Waals surface area contributed by atoms with Gasteiger partial charge in [-0.1, -0.05) is 44.2 Å². The van der Waals surface area contributed by atoms with Gasteiger partial charge in [-0.05, 0) is 80.3 Å². The van der Waals surface area contributed by atoms with Gasteiger partial charge < -0.3 is 4.57 Å². The quantitative estimate of drug-likeness (QED) is 0.246. The minimum absolute atomic E-state index is 0.395. The lowest BCUT2D eigenvalue weighted by Crippen LogP contribution is -2.30. The zero-order chi connectivity index (χ0) is 23.3. The Hall–Kier alpha value is -3.13. The molecule has 0 spiro atoms. The largest absolute Gasteiger partial charge is 0.338 e. The van der Waals surface area contributed by atoms with E-state index in [1.807, 2.05) is 0 Å². The summed E-state index contributed by atoms with van der Waals surface area (Å²) < 4.78 is 4.78. The first-order valence-electron chi connectivity index (χ1n) is 12.4. The van der Waals surface area contributed by atoms with E-state index in [1.54, 1.807) is 0 Å². The number of aromatic nitrogens is 2. The van der Waals surface area contributed by atoms with Crippen molar-refractivity contribution in [2.24, 2.45) is 7.05 Å². The number of rotatable bonds is 5. The van der Waals surface area contributed by atoms with Gasteiger partial charge in [0.2, 0.25) is 5.69 Å². The molecule has 0 radical (unpaired) electrons. The van der Waals surface area contributed by atoms with Crippen LogP contribution in [0.1, 0.15) is 63.6 Å². The summed E-state index contributed by atoms with van der Waals surface area (Å²) in [5.41, 5.74) is 8.02. The third kappa shape index (κ3) is 3.44. The first-order valence-corrected chi connectivity index (χ1v) is 12.4. The van der Waals surface area contributed by atoms with Gasteiger partial charge in [-0.25, -0.2) is 4.57 Å². The van der Waals surface area contributed by atoms with Crippen molar-refractivity contribution in [2.45, 2.75) is 59.4 Å². The van der Waals surface area contributed by atoms with Gasteiger partial charge in [0.05, 0.1) is 16.5 Å². The number of fused-ring (bicyclic) bond motifs is 4. The fraction of sp³-hybridized carbons (Fsp3) is 0.323. The summed E-state index contributed by atoms with van der Waals surface area (Å²) in [7, 11) is 2.17. The Kier molecular flexibility index (Phi) is 5.48. The van der Waals surface area contributed by atoms with E-state index in [4.69, 9.17) is 0 Å². The minimum atomic E-state index is 0.395. The maximum absolute atomic E-state index is 2.49. The Balaban J connectivity index is 1.81. The molecular formula is C31H35N2+. The lowest BCUT2D eigenvalue weighted by atomic mass is 9.91. The molecule has 0 fully saturated rings. The van der Waals surface area contributed by atoms with Crippen LogP contribution in [-0.4, -0.2) is 4.57 Å². The molecule has 2 nitrogen and oxygen atoms in total. The molecule has 0 saturated heterocycles. The molecule has 2 heterocycles. The zero-order valence-corrected chi connectivity index (χ0v) is 20.8. The number of nitrogens with zero attached hydrogens (tertiary/aromatic N) is 2. The van der Waals surface area contributed by atoms with Crippen molar-refractivity contribution in [3.63, 3.8) is 0 Å². The maximum atomic E-state index is 2.49. The summed E-state index contributed by atoms with van der Waals surface area (Å²) in [5, 5.41) is 5.34. The van der Waals surface area contributed by atoms with E-state index in [0.717, 1.165) is 0 Å². The van der Waals surface area contributed by atoms with Crippen LogP contribution in [0.3, 0.4) is 0 Å². The van der Waals surface area contributed by atoms with Gasteiger partial charge in [-0.15, -0.1) is 0 Å². The first kappa shape index (κ1) is 21.7. The average Bonchev–Trinajstić information content (AvgIpc) is 3.13. The van der Waals surface area contributed by atoms with Crippen LogP contribution in [0.5, 0.6) is 0 Å². The predicted molar refractivity (Wildman–Crippen MR) is 142 cm³/mol. The van der Waals surface area contributed by atoms with E-state index in [1.165, 1.54) is 67.8 Å². The van der Waals surface area contributed by atoms with Crippen LogP contribution in [0.25, 0.3) is 43.8 Å². The maximum Gasteiger partial charge on any atom is 0.220 e. The van der Waals surface area contributed by atoms with Gasteiger partial charge >= 0.3 is 0 Å². The third-order valence-corrected chi connectivity index (χ3v) is 7.45. The Labute approximate surface area is 197 Å².